The van der Waals surface area contributed by atoms with Gasteiger partial charge in [-0.1, -0.05) is 49.4 Å². The van der Waals surface area contributed by atoms with Crippen molar-refractivity contribution in [3.63, 3.8) is 0 Å². The first-order valence-electron chi connectivity index (χ1n) is 13.4. The second-order valence-corrected chi connectivity index (χ2v) is 10.1. The van der Waals surface area contributed by atoms with Crippen LogP contribution < -0.4 is 4.74 Å². The van der Waals surface area contributed by atoms with Crippen LogP contribution in [-0.2, 0) is 41.6 Å². The molecular formula is C30H42O8. The van der Waals surface area contributed by atoms with E-state index in [2.05, 4.69) is 6.92 Å². The zero-order valence-electron chi connectivity index (χ0n) is 22.9. The first-order chi connectivity index (χ1) is 18.6. The molecule has 0 spiro atoms. The average Bonchev–Trinajstić information content (AvgIpc) is 2.95. The fourth-order valence-corrected chi connectivity index (χ4v) is 5.49. The minimum atomic E-state index is -0.410. The topological polar surface area (TPSA) is 84.8 Å². The van der Waals surface area contributed by atoms with E-state index < -0.39 is 6.29 Å². The second-order valence-electron chi connectivity index (χ2n) is 10.1. The maximum absolute atomic E-state index is 9.75. The summed E-state index contributed by atoms with van der Waals surface area (Å²) >= 11 is 0. The highest BCUT2D eigenvalue weighted by Gasteiger charge is 2.50. The zero-order valence-corrected chi connectivity index (χ0v) is 22.9. The Bertz CT molecular complexity index is 935. The lowest BCUT2D eigenvalue weighted by Crippen LogP contribution is -2.61. The molecule has 0 bridgehead atoms. The first-order valence-corrected chi connectivity index (χ1v) is 13.4. The molecule has 2 heterocycles. The van der Waals surface area contributed by atoms with Crippen molar-refractivity contribution in [3.8, 4) is 5.75 Å². The van der Waals surface area contributed by atoms with Crippen LogP contribution >= 0.6 is 0 Å². The Balaban J connectivity index is 1.48. The third kappa shape index (κ3) is 7.33. The normalized spacial score (nSPS) is 29.3. The maximum atomic E-state index is 9.75. The Labute approximate surface area is 226 Å². The lowest BCUT2D eigenvalue weighted by molar-refractivity contribution is -0.287. The standard InChI is InChI=1S/C30H42O8/c1-20-29(36-19-22-10-12-23(32-2)13-11-22)27(17-28(33-3)34-4)37-26-16-25(24(14-15-31)38-30(20)26)35-18-21-8-6-5-7-9-21/h5-13,20,24-31H,14-19H2,1-4H3/t20-,24-,25-,26+,27+,29-,30+/m1/s1. The van der Waals surface area contributed by atoms with Crippen molar-refractivity contribution < 1.29 is 38.3 Å². The molecule has 38 heavy (non-hydrogen) atoms. The maximum Gasteiger partial charge on any atom is 0.159 e. The molecule has 2 aliphatic rings. The minimum absolute atomic E-state index is 0.0336. The van der Waals surface area contributed by atoms with E-state index in [1.54, 1.807) is 21.3 Å². The van der Waals surface area contributed by atoms with Gasteiger partial charge in [0.25, 0.3) is 0 Å². The number of fused-ring (bicyclic) bond motifs is 1. The van der Waals surface area contributed by atoms with Crippen LogP contribution in [0.1, 0.15) is 37.3 Å². The summed E-state index contributed by atoms with van der Waals surface area (Å²) in [4.78, 5) is 0. The van der Waals surface area contributed by atoms with Crippen molar-refractivity contribution in [2.45, 2.75) is 82.3 Å². The minimum Gasteiger partial charge on any atom is -0.497 e. The SMILES string of the molecule is COc1ccc(CO[C@@H]2[C@@H](C)[C@@H]3O[C@H](CCO)[C@H](OCc4ccccc4)C[C@@H]3O[C@H]2CC(OC)OC)cc1. The van der Waals surface area contributed by atoms with Crippen LogP contribution in [0.3, 0.4) is 0 Å². The summed E-state index contributed by atoms with van der Waals surface area (Å²) in [6.07, 6.45) is 0.0741. The fourth-order valence-electron chi connectivity index (χ4n) is 5.49. The van der Waals surface area contributed by atoms with Gasteiger partial charge in [-0.25, -0.2) is 0 Å². The predicted molar refractivity (Wildman–Crippen MR) is 142 cm³/mol. The van der Waals surface area contributed by atoms with Gasteiger partial charge < -0.3 is 38.3 Å². The molecule has 2 aliphatic heterocycles. The van der Waals surface area contributed by atoms with E-state index in [0.29, 0.717) is 32.5 Å². The Hall–Kier alpha value is -2.04. The summed E-state index contributed by atoms with van der Waals surface area (Å²) in [5, 5.41) is 9.75. The van der Waals surface area contributed by atoms with Crippen LogP contribution in [0.4, 0.5) is 0 Å². The quantitative estimate of drug-likeness (QED) is 0.387. The second kappa shape index (κ2) is 14.4. The smallest absolute Gasteiger partial charge is 0.159 e. The third-order valence-corrected chi connectivity index (χ3v) is 7.60. The van der Waals surface area contributed by atoms with Gasteiger partial charge in [0.2, 0.25) is 0 Å². The predicted octanol–water partition coefficient (Wildman–Crippen LogP) is 4.12. The van der Waals surface area contributed by atoms with E-state index in [-0.39, 0.29) is 49.1 Å². The average molecular weight is 531 g/mol. The highest BCUT2D eigenvalue weighted by Crippen LogP contribution is 2.40. The summed E-state index contributed by atoms with van der Waals surface area (Å²) in [6, 6.07) is 17.9. The monoisotopic (exact) mass is 530 g/mol. The van der Waals surface area contributed by atoms with Crippen molar-refractivity contribution in [1.82, 2.24) is 0 Å². The summed E-state index contributed by atoms with van der Waals surface area (Å²) in [6.45, 7) is 3.10. The molecule has 210 valence electrons. The van der Waals surface area contributed by atoms with E-state index in [1.807, 2.05) is 54.6 Å². The van der Waals surface area contributed by atoms with E-state index in [0.717, 1.165) is 16.9 Å². The van der Waals surface area contributed by atoms with Gasteiger partial charge >= 0.3 is 0 Å². The van der Waals surface area contributed by atoms with E-state index >= 15 is 0 Å². The van der Waals surface area contributed by atoms with Crippen LogP contribution in [0.2, 0.25) is 0 Å². The number of benzene rings is 2. The van der Waals surface area contributed by atoms with Crippen LogP contribution in [0, 0.1) is 5.92 Å². The third-order valence-electron chi connectivity index (χ3n) is 7.60. The van der Waals surface area contributed by atoms with Crippen molar-refractivity contribution in [3.05, 3.63) is 65.7 Å². The number of aliphatic hydroxyl groups is 1. The van der Waals surface area contributed by atoms with Crippen molar-refractivity contribution in [2.75, 3.05) is 27.9 Å². The lowest BCUT2D eigenvalue weighted by Gasteiger charge is -2.51. The molecule has 4 rings (SSSR count). The van der Waals surface area contributed by atoms with Crippen LogP contribution in [0.15, 0.2) is 54.6 Å². The van der Waals surface area contributed by atoms with Crippen molar-refractivity contribution in [1.29, 1.82) is 0 Å². The van der Waals surface area contributed by atoms with Crippen LogP contribution in [0.5, 0.6) is 5.75 Å². The van der Waals surface area contributed by atoms with E-state index in [9.17, 15) is 5.11 Å². The molecular weight excluding hydrogens is 488 g/mol. The number of rotatable bonds is 13. The first kappa shape index (κ1) is 29.0. The number of ether oxygens (including phenoxy) is 7. The molecule has 0 aromatic heterocycles. The Morgan fingerprint density at radius 1 is 0.868 bits per heavy atom. The molecule has 1 N–H and O–H groups in total. The summed E-state index contributed by atoms with van der Waals surface area (Å²) in [5.41, 5.74) is 2.15. The Morgan fingerprint density at radius 2 is 1.55 bits per heavy atom. The molecule has 2 saturated heterocycles. The van der Waals surface area contributed by atoms with Crippen LogP contribution in [-0.4, -0.2) is 76.0 Å². The molecule has 0 unspecified atom stereocenters. The number of methoxy groups -OCH3 is 3. The van der Waals surface area contributed by atoms with Gasteiger partial charge in [-0.15, -0.1) is 0 Å². The zero-order chi connectivity index (χ0) is 26.9. The Morgan fingerprint density at radius 3 is 2.21 bits per heavy atom. The van der Waals surface area contributed by atoms with Gasteiger partial charge in [0.15, 0.2) is 6.29 Å². The molecule has 2 aromatic carbocycles. The molecule has 0 radical (unpaired) electrons. The van der Waals surface area contributed by atoms with E-state index in [4.69, 9.17) is 33.2 Å². The highest BCUT2D eigenvalue weighted by atomic mass is 16.7. The van der Waals surface area contributed by atoms with Gasteiger partial charge in [0.05, 0.1) is 56.9 Å². The summed E-state index contributed by atoms with van der Waals surface area (Å²) in [5.74, 6) is 0.851. The highest BCUT2D eigenvalue weighted by molar-refractivity contribution is 5.26. The summed E-state index contributed by atoms with van der Waals surface area (Å²) in [7, 11) is 4.92. The largest absolute Gasteiger partial charge is 0.497 e. The molecule has 2 fully saturated rings. The molecule has 8 heteroatoms. The summed E-state index contributed by atoms with van der Waals surface area (Å²) < 4.78 is 42.4. The molecule has 7 atom stereocenters. The number of hydrogen-bond donors (Lipinski definition) is 1. The molecule has 0 aliphatic carbocycles. The lowest BCUT2D eigenvalue weighted by atomic mass is 9.81. The molecule has 8 nitrogen and oxygen atoms in total. The molecule has 2 aromatic rings. The van der Waals surface area contributed by atoms with Gasteiger partial charge in [-0.3, -0.25) is 0 Å². The van der Waals surface area contributed by atoms with Crippen molar-refractivity contribution >= 4 is 0 Å². The number of hydrogen-bond acceptors (Lipinski definition) is 8. The van der Waals surface area contributed by atoms with E-state index in [1.165, 1.54) is 0 Å². The van der Waals surface area contributed by atoms with Gasteiger partial charge in [0.1, 0.15) is 5.75 Å². The van der Waals surface area contributed by atoms with Crippen LogP contribution in [0.25, 0.3) is 0 Å². The van der Waals surface area contributed by atoms with Gasteiger partial charge in [-0.2, -0.15) is 0 Å². The molecule has 0 amide bonds. The fraction of sp³-hybridized carbons (Fsp3) is 0.600. The molecule has 0 saturated carbocycles. The Kier molecular flexibility index (Phi) is 11.0. The van der Waals surface area contributed by atoms with Gasteiger partial charge in [0, 0.05) is 39.6 Å². The van der Waals surface area contributed by atoms with Crippen molar-refractivity contribution in [2.24, 2.45) is 5.92 Å². The van der Waals surface area contributed by atoms with Gasteiger partial charge in [-0.05, 0) is 29.7 Å². The number of aliphatic hydroxyl groups excluding tert-OH is 1.